The molecule has 0 bridgehead atoms. The van der Waals surface area contributed by atoms with Gasteiger partial charge in [0.1, 0.15) is 11.6 Å². The molecule has 0 radical (unpaired) electrons. The Bertz CT molecular complexity index is 1170. The standard InChI is InChI=1S/C17H12BrF2N3O3S2/c18-14-4-3-12(28(21,25)26)7-13(14)16(24)23-17-22-8-11(27-17)5-9-1-2-10(19)6-15(9)20/h1-4,6-8H,5H2,(H2,21,25,26)(H,22,23,24). The number of halogens is 3. The smallest absolute Gasteiger partial charge is 0.258 e. The van der Waals surface area contributed by atoms with Crippen LogP contribution in [0.1, 0.15) is 20.8 Å². The zero-order chi connectivity index (χ0) is 20.5. The molecule has 3 N–H and O–H groups in total. The molecular weight excluding hydrogens is 476 g/mol. The highest BCUT2D eigenvalue weighted by Gasteiger charge is 2.17. The molecule has 0 aliphatic carbocycles. The van der Waals surface area contributed by atoms with Crippen molar-refractivity contribution in [2.75, 3.05) is 5.32 Å². The number of hydrogen-bond acceptors (Lipinski definition) is 5. The van der Waals surface area contributed by atoms with Crippen molar-refractivity contribution in [1.29, 1.82) is 0 Å². The van der Waals surface area contributed by atoms with Gasteiger partial charge in [-0.25, -0.2) is 27.3 Å². The van der Waals surface area contributed by atoms with Crippen LogP contribution in [0.25, 0.3) is 0 Å². The Balaban J connectivity index is 1.77. The number of thiazole rings is 1. The number of anilines is 1. The normalized spacial score (nSPS) is 11.4. The topological polar surface area (TPSA) is 102 Å². The second-order valence-electron chi connectivity index (χ2n) is 5.69. The van der Waals surface area contributed by atoms with E-state index >= 15 is 0 Å². The van der Waals surface area contributed by atoms with Crippen LogP contribution in [0.4, 0.5) is 13.9 Å². The lowest BCUT2D eigenvalue weighted by molar-refractivity contribution is 0.102. The monoisotopic (exact) mass is 487 g/mol. The van der Waals surface area contributed by atoms with Gasteiger partial charge in [-0.2, -0.15) is 0 Å². The van der Waals surface area contributed by atoms with Gasteiger partial charge in [-0.1, -0.05) is 6.07 Å². The van der Waals surface area contributed by atoms with Crippen LogP contribution in [-0.2, 0) is 16.4 Å². The summed E-state index contributed by atoms with van der Waals surface area (Å²) >= 11 is 4.31. The van der Waals surface area contributed by atoms with E-state index in [-0.39, 0.29) is 22.0 Å². The number of aromatic nitrogens is 1. The number of sulfonamides is 1. The minimum atomic E-state index is -3.96. The van der Waals surface area contributed by atoms with Crippen molar-refractivity contribution in [2.45, 2.75) is 11.3 Å². The fourth-order valence-electron chi connectivity index (χ4n) is 2.32. The highest BCUT2D eigenvalue weighted by molar-refractivity contribution is 9.10. The lowest BCUT2D eigenvalue weighted by Gasteiger charge is -2.06. The van der Waals surface area contributed by atoms with Crippen molar-refractivity contribution in [3.8, 4) is 0 Å². The molecule has 0 aliphatic heterocycles. The Morgan fingerprint density at radius 1 is 1.21 bits per heavy atom. The van der Waals surface area contributed by atoms with Gasteiger partial charge in [-0.15, -0.1) is 11.3 Å². The Morgan fingerprint density at radius 3 is 2.64 bits per heavy atom. The summed E-state index contributed by atoms with van der Waals surface area (Å²) in [5.41, 5.74) is 0.361. The molecule has 0 fully saturated rings. The Kier molecular flexibility index (Phi) is 5.89. The van der Waals surface area contributed by atoms with Gasteiger partial charge in [-0.05, 0) is 45.8 Å². The maximum Gasteiger partial charge on any atom is 0.258 e. The summed E-state index contributed by atoms with van der Waals surface area (Å²) in [7, 11) is -3.96. The summed E-state index contributed by atoms with van der Waals surface area (Å²) in [5.74, 6) is -1.92. The number of benzene rings is 2. The van der Waals surface area contributed by atoms with Crippen molar-refractivity contribution in [2.24, 2.45) is 5.14 Å². The zero-order valence-electron chi connectivity index (χ0n) is 13.9. The van der Waals surface area contributed by atoms with E-state index in [9.17, 15) is 22.0 Å². The van der Waals surface area contributed by atoms with Crippen LogP contribution in [0.3, 0.4) is 0 Å². The van der Waals surface area contributed by atoms with Gasteiger partial charge in [-0.3, -0.25) is 10.1 Å². The SMILES string of the molecule is NS(=O)(=O)c1ccc(Br)c(C(=O)Nc2ncc(Cc3ccc(F)cc3F)s2)c1. The van der Waals surface area contributed by atoms with E-state index in [0.29, 0.717) is 14.9 Å². The van der Waals surface area contributed by atoms with E-state index in [1.165, 1.54) is 24.4 Å². The van der Waals surface area contributed by atoms with Crippen LogP contribution < -0.4 is 10.5 Å². The van der Waals surface area contributed by atoms with Crippen molar-refractivity contribution in [3.63, 3.8) is 0 Å². The number of nitrogens with two attached hydrogens (primary N) is 1. The number of carbonyl (C=O) groups excluding carboxylic acids is 1. The summed E-state index contributed by atoms with van der Waals surface area (Å²) < 4.78 is 50.1. The Hall–Kier alpha value is -2.21. The highest BCUT2D eigenvalue weighted by Crippen LogP contribution is 2.25. The first kappa shape index (κ1) is 20.5. The predicted octanol–water partition coefficient (Wildman–Crippen LogP) is 3.67. The molecular formula is C17H12BrF2N3O3S2. The fraction of sp³-hybridized carbons (Fsp3) is 0.0588. The van der Waals surface area contributed by atoms with Crippen LogP contribution in [0, 0.1) is 11.6 Å². The third-order valence-corrected chi connectivity index (χ3v) is 6.18. The average molecular weight is 488 g/mol. The van der Waals surface area contributed by atoms with Gasteiger partial charge in [0, 0.05) is 28.0 Å². The van der Waals surface area contributed by atoms with Crippen molar-refractivity contribution in [3.05, 3.63) is 74.7 Å². The van der Waals surface area contributed by atoms with Crippen LogP contribution in [-0.4, -0.2) is 19.3 Å². The summed E-state index contributed by atoms with van der Waals surface area (Å²) in [5, 5.41) is 7.89. The molecule has 0 atom stereocenters. The molecule has 146 valence electrons. The summed E-state index contributed by atoms with van der Waals surface area (Å²) in [6, 6.07) is 7.14. The number of hydrogen-bond donors (Lipinski definition) is 2. The number of nitrogens with one attached hydrogen (secondary N) is 1. The number of carbonyl (C=O) groups is 1. The quantitative estimate of drug-likeness (QED) is 0.572. The molecule has 0 saturated carbocycles. The first-order valence-corrected chi connectivity index (χ1v) is 10.8. The molecule has 0 unspecified atom stereocenters. The van der Waals surface area contributed by atoms with E-state index in [1.54, 1.807) is 0 Å². The second-order valence-corrected chi connectivity index (χ2v) is 9.22. The van der Waals surface area contributed by atoms with Gasteiger partial charge in [0.25, 0.3) is 5.91 Å². The van der Waals surface area contributed by atoms with E-state index in [4.69, 9.17) is 5.14 Å². The van der Waals surface area contributed by atoms with Crippen LogP contribution >= 0.6 is 27.3 Å². The highest BCUT2D eigenvalue weighted by atomic mass is 79.9. The van der Waals surface area contributed by atoms with Crippen molar-refractivity contribution >= 4 is 48.3 Å². The van der Waals surface area contributed by atoms with Crippen LogP contribution in [0.2, 0.25) is 0 Å². The molecule has 0 aliphatic rings. The Morgan fingerprint density at radius 2 is 1.96 bits per heavy atom. The molecule has 6 nitrogen and oxygen atoms in total. The molecule has 3 aromatic rings. The van der Waals surface area contributed by atoms with Crippen molar-refractivity contribution in [1.82, 2.24) is 4.98 Å². The molecule has 3 rings (SSSR count). The second kappa shape index (κ2) is 8.03. The number of nitrogens with zero attached hydrogens (tertiary/aromatic N) is 1. The third-order valence-electron chi connectivity index (χ3n) is 3.66. The van der Waals surface area contributed by atoms with Gasteiger partial charge in [0.05, 0.1) is 10.5 Å². The van der Waals surface area contributed by atoms with Gasteiger partial charge in [0.2, 0.25) is 10.0 Å². The first-order valence-electron chi connectivity index (χ1n) is 7.66. The number of primary sulfonamides is 1. The first-order chi connectivity index (χ1) is 13.1. The average Bonchev–Trinajstić information content (AvgIpc) is 3.03. The summed E-state index contributed by atoms with van der Waals surface area (Å²) in [4.78, 5) is 17.0. The molecule has 1 amide bonds. The zero-order valence-corrected chi connectivity index (χ0v) is 17.2. The maximum atomic E-state index is 13.8. The third kappa shape index (κ3) is 4.79. The lowest BCUT2D eigenvalue weighted by Crippen LogP contribution is -2.16. The van der Waals surface area contributed by atoms with E-state index in [0.717, 1.165) is 29.5 Å². The summed E-state index contributed by atoms with van der Waals surface area (Å²) in [6.45, 7) is 0. The van der Waals surface area contributed by atoms with E-state index in [1.807, 2.05) is 0 Å². The van der Waals surface area contributed by atoms with Gasteiger partial charge in [0.15, 0.2) is 5.13 Å². The number of amides is 1. The Labute approximate surface area is 171 Å². The molecule has 1 aromatic heterocycles. The molecule has 28 heavy (non-hydrogen) atoms. The minimum Gasteiger partial charge on any atom is -0.298 e. The molecule has 2 aromatic carbocycles. The molecule has 1 heterocycles. The van der Waals surface area contributed by atoms with Gasteiger partial charge < -0.3 is 0 Å². The van der Waals surface area contributed by atoms with Gasteiger partial charge >= 0.3 is 0 Å². The number of rotatable bonds is 5. The van der Waals surface area contributed by atoms with Crippen LogP contribution in [0.15, 0.2) is 52.0 Å². The molecule has 0 spiro atoms. The maximum absolute atomic E-state index is 13.8. The largest absolute Gasteiger partial charge is 0.298 e. The van der Waals surface area contributed by atoms with E-state index in [2.05, 4.69) is 26.2 Å². The fourth-order valence-corrected chi connectivity index (χ4v) is 4.12. The summed E-state index contributed by atoms with van der Waals surface area (Å²) in [6.07, 6.45) is 1.66. The molecule has 0 saturated heterocycles. The minimum absolute atomic E-state index is 0.0628. The molecule has 11 heteroatoms. The van der Waals surface area contributed by atoms with E-state index < -0.39 is 27.6 Å². The van der Waals surface area contributed by atoms with Crippen molar-refractivity contribution < 1.29 is 22.0 Å². The lowest BCUT2D eigenvalue weighted by atomic mass is 10.1. The van der Waals surface area contributed by atoms with Crippen LogP contribution in [0.5, 0.6) is 0 Å². The predicted molar refractivity (Wildman–Crippen MR) is 105 cm³/mol.